The van der Waals surface area contributed by atoms with Gasteiger partial charge in [0.25, 0.3) is 0 Å². The molecule has 1 aliphatic carbocycles. The smallest absolute Gasteiger partial charge is 0.461 e. The van der Waals surface area contributed by atoms with Gasteiger partial charge in [-0.2, -0.15) is 0 Å². The predicted octanol–water partition coefficient (Wildman–Crippen LogP) is 7.78. The molecule has 1 rings (SSSR count). The summed E-state index contributed by atoms with van der Waals surface area (Å²) < 4.78 is 26.3. The first-order valence-electron chi connectivity index (χ1n) is 19.5. The summed E-state index contributed by atoms with van der Waals surface area (Å²) in [5.41, 5.74) is 0. The van der Waals surface area contributed by atoms with E-state index < -0.39 is 57.4 Å². The number of phosphoric acid groups is 1. The molecule has 11 nitrogen and oxygen atoms in total. The van der Waals surface area contributed by atoms with Crippen LogP contribution in [0.15, 0.2) is 36.5 Å². The summed E-state index contributed by atoms with van der Waals surface area (Å²) in [6.07, 6.45) is 27.1. The van der Waals surface area contributed by atoms with Crippen LogP contribution in [-0.2, 0) is 28.2 Å². The minimum atomic E-state index is -4.83. The van der Waals surface area contributed by atoms with Gasteiger partial charge in [-0.1, -0.05) is 121 Å². The Morgan fingerprint density at radius 2 is 1.37 bits per heavy atom. The molecule has 0 bridgehead atoms. The molecule has 1 aliphatic rings. The first kappa shape index (κ1) is 47.2. The molecule has 296 valence electrons. The Kier molecular flexibility index (Phi) is 27.4. The van der Waals surface area contributed by atoms with Crippen molar-refractivity contribution in [3.05, 3.63) is 36.5 Å². The number of aliphatic hydroxyl groups excluding tert-OH is 3. The minimum absolute atomic E-state index is 0.113. The van der Waals surface area contributed by atoms with Gasteiger partial charge in [0.15, 0.2) is 6.10 Å². The van der Waals surface area contributed by atoms with Gasteiger partial charge in [0.2, 0.25) is 0 Å². The molecule has 5 N–H and O–H groups in total. The van der Waals surface area contributed by atoms with E-state index in [1.54, 1.807) is 24.3 Å². The van der Waals surface area contributed by atoms with Crippen molar-refractivity contribution in [1.82, 2.24) is 0 Å². The van der Waals surface area contributed by atoms with Crippen LogP contribution in [-0.4, -0.2) is 74.7 Å². The van der Waals surface area contributed by atoms with E-state index in [9.17, 15) is 29.5 Å². The quantitative estimate of drug-likeness (QED) is 0.0202. The maximum absolute atomic E-state index is 12.4. The predicted molar refractivity (Wildman–Crippen MR) is 200 cm³/mol. The van der Waals surface area contributed by atoms with E-state index in [2.05, 4.69) is 30.5 Å². The molecule has 0 aromatic carbocycles. The standard InChI is InChI=1S/C39H69O11P/c1-3-5-7-8-9-10-11-12-13-14-15-16-17-18-20-26-39(44)50-33(31-49-51(45,46)47)30-48-38(43)25-22-21-24-34-35(37(42)29-36(34)41)28-27-32(40)23-19-6-4-2/h10-11,21-22,27-28,32-37,40-42H,3-9,12-20,23-26,29-31H2,1-2H3,(H2,45,46,47)/b11-10-,22-21-,28-27+/t32-,33-,34+,35-,36+,37-/m1/s1. The average molecular weight is 745 g/mol. The molecule has 0 aliphatic heterocycles. The van der Waals surface area contributed by atoms with Gasteiger partial charge in [0, 0.05) is 18.8 Å². The third kappa shape index (κ3) is 25.7. The summed E-state index contributed by atoms with van der Waals surface area (Å²) >= 11 is 0. The average Bonchev–Trinajstić information content (AvgIpc) is 3.35. The Balaban J connectivity index is 2.37. The van der Waals surface area contributed by atoms with Crippen molar-refractivity contribution in [2.75, 3.05) is 13.2 Å². The van der Waals surface area contributed by atoms with Crippen LogP contribution in [0, 0.1) is 11.8 Å². The first-order valence-corrected chi connectivity index (χ1v) is 21.1. The van der Waals surface area contributed by atoms with Crippen LogP contribution in [0.1, 0.15) is 149 Å². The van der Waals surface area contributed by atoms with Gasteiger partial charge in [-0.15, -0.1) is 0 Å². The van der Waals surface area contributed by atoms with Crippen LogP contribution < -0.4 is 0 Å². The van der Waals surface area contributed by atoms with E-state index in [0.717, 1.165) is 51.4 Å². The SMILES string of the molecule is CCCCCC/C=C\CCCCCCCCCC(=O)O[C@H](COC(=O)C/C=C\C[C@H]1[C@@H](/C=C/[C@H](O)CCCCC)[C@H](O)C[C@@H]1O)COP(=O)(O)O. The number of hydrogen-bond donors (Lipinski definition) is 5. The molecule has 0 amide bonds. The summed E-state index contributed by atoms with van der Waals surface area (Å²) in [5.74, 6) is -1.79. The Hall–Kier alpha value is -1.85. The topological polar surface area (TPSA) is 180 Å². The number of unbranched alkanes of at least 4 members (excludes halogenated alkanes) is 13. The maximum atomic E-state index is 12.4. The van der Waals surface area contributed by atoms with E-state index >= 15 is 0 Å². The molecule has 0 unspecified atom stereocenters. The van der Waals surface area contributed by atoms with Crippen molar-refractivity contribution in [3.63, 3.8) is 0 Å². The summed E-state index contributed by atoms with van der Waals surface area (Å²) in [6.45, 7) is 3.27. The lowest BCUT2D eigenvalue weighted by atomic mass is 9.89. The number of carbonyl (C=O) groups is 2. The van der Waals surface area contributed by atoms with E-state index in [1.165, 1.54) is 44.9 Å². The molecule has 1 fully saturated rings. The number of hydrogen-bond acceptors (Lipinski definition) is 9. The van der Waals surface area contributed by atoms with Crippen molar-refractivity contribution in [3.8, 4) is 0 Å². The lowest BCUT2D eigenvalue weighted by molar-refractivity contribution is -0.160. The van der Waals surface area contributed by atoms with Crippen LogP contribution in [0.25, 0.3) is 0 Å². The monoisotopic (exact) mass is 744 g/mol. The molecule has 6 atom stereocenters. The number of carbonyl (C=O) groups excluding carboxylic acids is 2. The molecule has 0 spiro atoms. The second kappa shape index (κ2) is 29.6. The van der Waals surface area contributed by atoms with E-state index in [-0.39, 0.29) is 31.1 Å². The van der Waals surface area contributed by atoms with Crippen LogP contribution in [0.2, 0.25) is 0 Å². The van der Waals surface area contributed by atoms with Crippen molar-refractivity contribution in [2.24, 2.45) is 11.8 Å². The fourth-order valence-electron chi connectivity index (χ4n) is 6.22. The number of esters is 2. The van der Waals surface area contributed by atoms with Crippen molar-refractivity contribution >= 4 is 19.8 Å². The highest BCUT2D eigenvalue weighted by Gasteiger charge is 2.39. The second-order valence-corrected chi connectivity index (χ2v) is 15.1. The normalized spacial score (nSPS) is 20.8. The number of allylic oxidation sites excluding steroid dienone is 3. The van der Waals surface area contributed by atoms with Crippen molar-refractivity contribution < 1.29 is 53.3 Å². The lowest BCUT2D eigenvalue weighted by Crippen LogP contribution is -2.29. The zero-order valence-electron chi connectivity index (χ0n) is 31.3. The highest BCUT2D eigenvalue weighted by atomic mass is 31.2. The molecule has 0 aromatic heterocycles. The second-order valence-electron chi connectivity index (χ2n) is 13.9. The largest absolute Gasteiger partial charge is 0.469 e. The van der Waals surface area contributed by atoms with Gasteiger partial charge in [-0.05, 0) is 50.9 Å². The molecular formula is C39H69O11P. The van der Waals surface area contributed by atoms with E-state index in [1.807, 2.05) is 0 Å². The van der Waals surface area contributed by atoms with Gasteiger partial charge < -0.3 is 34.6 Å². The van der Waals surface area contributed by atoms with Crippen molar-refractivity contribution in [2.45, 2.75) is 173 Å². The zero-order chi connectivity index (χ0) is 37.7. The summed E-state index contributed by atoms with van der Waals surface area (Å²) in [7, 11) is -4.83. The molecule has 51 heavy (non-hydrogen) atoms. The minimum Gasteiger partial charge on any atom is -0.461 e. The molecule has 1 saturated carbocycles. The molecule has 0 saturated heterocycles. The van der Waals surface area contributed by atoms with Gasteiger partial charge in [-0.3, -0.25) is 14.1 Å². The molecule has 0 radical (unpaired) electrons. The summed E-state index contributed by atoms with van der Waals surface area (Å²) in [6, 6.07) is 0. The Labute approximate surface area is 307 Å². The highest BCUT2D eigenvalue weighted by molar-refractivity contribution is 7.46. The Morgan fingerprint density at radius 3 is 2.02 bits per heavy atom. The van der Waals surface area contributed by atoms with Crippen LogP contribution >= 0.6 is 7.82 Å². The number of rotatable bonds is 31. The van der Waals surface area contributed by atoms with Gasteiger partial charge >= 0.3 is 19.8 Å². The molecule has 0 aromatic rings. The van der Waals surface area contributed by atoms with Crippen LogP contribution in [0.3, 0.4) is 0 Å². The summed E-state index contributed by atoms with van der Waals surface area (Å²) in [4.78, 5) is 43.0. The number of ether oxygens (including phenoxy) is 2. The first-order chi connectivity index (χ1) is 24.5. The fourth-order valence-corrected chi connectivity index (χ4v) is 6.58. The molecular weight excluding hydrogens is 675 g/mol. The van der Waals surface area contributed by atoms with E-state index in [4.69, 9.17) is 19.3 Å². The number of phosphoric ester groups is 1. The number of aliphatic hydroxyl groups is 3. The van der Waals surface area contributed by atoms with Crippen LogP contribution in [0.5, 0.6) is 0 Å². The van der Waals surface area contributed by atoms with Crippen LogP contribution in [0.4, 0.5) is 0 Å². The Morgan fingerprint density at radius 1 is 0.765 bits per heavy atom. The third-order valence-corrected chi connectivity index (χ3v) is 9.72. The van der Waals surface area contributed by atoms with E-state index in [0.29, 0.717) is 19.3 Å². The molecule has 0 heterocycles. The molecule has 12 heteroatoms. The van der Waals surface area contributed by atoms with Crippen molar-refractivity contribution in [1.29, 1.82) is 0 Å². The van der Waals surface area contributed by atoms with Gasteiger partial charge in [-0.25, -0.2) is 4.57 Å². The third-order valence-electron chi connectivity index (χ3n) is 9.23. The Bertz CT molecular complexity index is 1040. The lowest BCUT2D eigenvalue weighted by Gasteiger charge is -2.19. The van der Waals surface area contributed by atoms with Gasteiger partial charge in [0.1, 0.15) is 6.61 Å². The highest BCUT2D eigenvalue weighted by Crippen LogP contribution is 2.37. The summed E-state index contributed by atoms with van der Waals surface area (Å²) in [5, 5.41) is 31.1. The fraction of sp³-hybridized carbons (Fsp3) is 0.795. The zero-order valence-corrected chi connectivity index (χ0v) is 32.2. The maximum Gasteiger partial charge on any atom is 0.469 e. The van der Waals surface area contributed by atoms with Gasteiger partial charge in [0.05, 0.1) is 31.3 Å².